The highest BCUT2D eigenvalue weighted by Gasteiger charge is 2.31. The van der Waals surface area contributed by atoms with Crippen molar-refractivity contribution in [1.29, 1.82) is 0 Å². The molecule has 2 rings (SSSR count). The first-order valence-electron chi connectivity index (χ1n) is 8.98. The van der Waals surface area contributed by atoms with Gasteiger partial charge in [0.2, 0.25) is 10.0 Å². The maximum absolute atomic E-state index is 12.9. The molecule has 1 heterocycles. The molecule has 1 aromatic carbocycles. The van der Waals surface area contributed by atoms with Crippen molar-refractivity contribution >= 4 is 21.9 Å². The van der Waals surface area contributed by atoms with Gasteiger partial charge >= 0.3 is 5.97 Å². The van der Waals surface area contributed by atoms with E-state index in [2.05, 4.69) is 0 Å². The van der Waals surface area contributed by atoms with Gasteiger partial charge in [-0.3, -0.25) is 4.79 Å². The molecule has 1 aliphatic heterocycles. The molecule has 0 N–H and O–H groups in total. The van der Waals surface area contributed by atoms with Crippen LogP contribution in [-0.4, -0.2) is 69.4 Å². The molecule has 1 amide bonds. The summed E-state index contributed by atoms with van der Waals surface area (Å²) in [7, 11) is -2.39. The molecule has 0 saturated carbocycles. The molecule has 0 radical (unpaired) electrons. The number of benzene rings is 1. The lowest BCUT2D eigenvalue weighted by molar-refractivity contribution is -0.134. The number of sulfonamides is 1. The molecule has 8 nitrogen and oxygen atoms in total. The summed E-state index contributed by atoms with van der Waals surface area (Å²) in [5, 5.41) is 0. The molecule has 0 spiro atoms. The van der Waals surface area contributed by atoms with Gasteiger partial charge in [0, 0.05) is 26.2 Å². The van der Waals surface area contributed by atoms with Crippen LogP contribution in [0, 0.1) is 0 Å². The lowest BCUT2D eigenvalue weighted by atomic mass is 10.2. The number of hydrogen-bond donors (Lipinski definition) is 0. The molecule has 0 atom stereocenters. The molecule has 0 unspecified atom stereocenters. The molecule has 0 aromatic heterocycles. The first-order valence-corrected chi connectivity index (χ1v) is 10.4. The van der Waals surface area contributed by atoms with Crippen LogP contribution in [0.1, 0.15) is 37.0 Å². The van der Waals surface area contributed by atoms with Crippen LogP contribution in [0.25, 0.3) is 0 Å². The quantitative estimate of drug-likeness (QED) is 0.616. The zero-order valence-corrected chi connectivity index (χ0v) is 16.8. The van der Waals surface area contributed by atoms with E-state index in [9.17, 15) is 18.0 Å². The Morgan fingerprint density at radius 3 is 2.33 bits per heavy atom. The summed E-state index contributed by atoms with van der Waals surface area (Å²) >= 11 is 0. The number of esters is 1. The largest absolute Gasteiger partial charge is 0.495 e. The molecule has 1 fully saturated rings. The molecule has 9 heteroatoms. The summed E-state index contributed by atoms with van der Waals surface area (Å²) in [6.45, 7) is 5.21. The summed E-state index contributed by atoms with van der Waals surface area (Å²) in [5.41, 5.74) is 0.0564. The van der Waals surface area contributed by atoms with Crippen molar-refractivity contribution in [2.45, 2.75) is 31.6 Å². The van der Waals surface area contributed by atoms with Gasteiger partial charge in [-0.25, -0.2) is 13.2 Å². The monoisotopic (exact) mass is 398 g/mol. The van der Waals surface area contributed by atoms with Gasteiger partial charge in [-0.2, -0.15) is 4.31 Å². The van der Waals surface area contributed by atoms with Crippen LogP contribution in [0.4, 0.5) is 0 Å². The second-order valence-electron chi connectivity index (χ2n) is 6.12. The minimum Gasteiger partial charge on any atom is -0.495 e. The second kappa shape index (κ2) is 9.18. The number of methoxy groups -OCH3 is 1. The van der Waals surface area contributed by atoms with E-state index < -0.39 is 16.0 Å². The molecule has 27 heavy (non-hydrogen) atoms. The zero-order valence-electron chi connectivity index (χ0n) is 15.9. The van der Waals surface area contributed by atoms with E-state index in [1.165, 1.54) is 29.6 Å². The molecule has 0 aliphatic carbocycles. The van der Waals surface area contributed by atoms with Crippen LogP contribution in [-0.2, 0) is 19.6 Å². The van der Waals surface area contributed by atoms with Gasteiger partial charge in [0.15, 0.2) is 6.61 Å². The van der Waals surface area contributed by atoms with Crippen molar-refractivity contribution in [3.63, 3.8) is 0 Å². The number of carbonyl (C=O) groups is 2. The van der Waals surface area contributed by atoms with E-state index in [1.807, 2.05) is 13.8 Å². The van der Waals surface area contributed by atoms with E-state index in [4.69, 9.17) is 9.47 Å². The highest BCUT2D eigenvalue weighted by molar-refractivity contribution is 7.89. The van der Waals surface area contributed by atoms with Crippen LogP contribution < -0.4 is 4.74 Å². The molecule has 0 bridgehead atoms. The second-order valence-corrected chi connectivity index (χ2v) is 8.03. The van der Waals surface area contributed by atoms with Crippen molar-refractivity contribution in [3.8, 4) is 5.75 Å². The molecule has 1 saturated heterocycles. The predicted octanol–water partition coefficient (Wildman–Crippen LogP) is 1.50. The van der Waals surface area contributed by atoms with E-state index in [0.29, 0.717) is 26.2 Å². The number of amides is 1. The number of carbonyl (C=O) groups excluding carboxylic acids is 2. The predicted molar refractivity (Wildman–Crippen MR) is 99.2 cm³/mol. The number of likely N-dealkylation sites (N-methyl/N-ethyl adjacent to an activating group) is 1. The van der Waals surface area contributed by atoms with Gasteiger partial charge in [0.1, 0.15) is 10.6 Å². The van der Waals surface area contributed by atoms with Crippen LogP contribution in [0.15, 0.2) is 23.1 Å². The summed E-state index contributed by atoms with van der Waals surface area (Å²) in [6, 6.07) is 4.09. The average molecular weight is 398 g/mol. The van der Waals surface area contributed by atoms with E-state index in [1.54, 1.807) is 4.90 Å². The fraction of sp³-hybridized carbons (Fsp3) is 0.556. The zero-order chi connectivity index (χ0) is 20.0. The standard InChI is InChI=1S/C18H26N2O6S/c1-4-19(5-2)17(21)13-26-18(22)14-8-9-15(25-3)16(12-14)27(23,24)20-10-6-7-11-20/h8-9,12H,4-7,10-11,13H2,1-3H3. The van der Waals surface area contributed by atoms with Crippen molar-refractivity contribution < 1.29 is 27.5 Å². The van der Waals surface area contributed by atoms with Crippen molar-refractivity contribution in [2.24, 2.45) is 0 Å². The first-order chi connectivity index (χ1) is 12.8. The lowest BCUT2D eigenvalue weighted by Gasteiger charge is -2.19. The summed E-state index contributed by atoms with van der Waals surface area (Å²) < 4.78 is 37.3. The molecular weight excluding hydrogens is 372 g/mol. The van der Waals surface area contributed by atoms with Crippen molar-refractivity contribution in [3.05, 3.63) is 23.8 Å². The smallest absolute Gasteiger partial charge is 0.338 e. The minimum absolute atomic E-state index is 0.0564. The van der Waals surface area contributed by atoms with Crippen LogP contribution >= 0.6 is 0 Å². The van der Waals surface area contributed by atoms with E-state index in [-0.39, 0.29) is 28.7 Å². The summed E-state index contributed by atoms with van der Waals surface area (Å²) in [6.07, 6.45) is 1.60. The van der Waals surface area contributed by atoms with Crippen molar-refractivity contribution in [2.75, 3.05) is 39.9 Å². The van der Waals surface area contributed by atoms with Crippen LogP contribution in [0.5, 0.6) is 5.75 Å². The minimum atomic E-state index is -3.76. The number of hydrogen-bond acceptors (Lipinski definition) is 6. The van der Waals surface area contributed by atoms with E-state index in [0.717, 1.165) is 12.8 Å². The Hall–Kier alpha value is -2.13. The van der Waals surface area contributed by atoms with Gasteiger partial charge in [-0.1, -0.05) is 0 Å². The van der Waals surface area contributed by atoms with E-state index >= 15 is 0 Å². The third-order valence-electron chi connectivity index (χ3n) is 4.53. The molecule has 1 aromatic rings. The molecule has 150 valence electrons. The van der Waals surface area contributed by atoms with Gasteiger partial charge in [0.25, 0.3) is 5.91 Å². The van der Waals surface area contributed by atoms with Crippen LogP contribution in [0.2, 0.25) is 0 Å². The first kappa shape index (κ1) is 21.2. The van der Waals surface area contributed by atoms with Gasteiger partial charge < -0.3 is 14.4 Å². The number of rotatable bonds is 8. The van der Waals surface area contributed by atoms with Crippen molar-refractivity contribution in [1.82, 2.24) is 9.21 Å². The Bertz CT molecular complexity index is 783. The lowest BCUT2D eigenvalue weighted by Crippen LogP contribution is -2.34. The maximum atomic E-state index is 12.9. The fourth-order valence-electron chi connectivity index (χ4n) is 2.95. The normalized spacial score (nSPS) is 14.8. The third kappa shape index (κ3) is 4.78. The number of ether oxygens (including phenoxy) is 2. The van der Waals surface area contributed by atoms with Crippen LogP contribution in [0.3, 0.4) is 0 Å². The number of nitrogens with zero attached hydrogens (tertiary/aromatic N) is 2. The molecule has 1 aliphatic rings. The summed E-state index contributed by atoms with van der Waals surface area (Å²) in [5.74, 6) is -0.888. The van der Waals surface area contributed by atoms with Gasteiger partial charge in [0.05, 0.1) is 12.7 Å². The Morgan fingerprint density at radius 1 is 1.15 bits per heavy atom. The highest BCUT2D eigenvalue weighted by atomic mass is 32.2. The topological polar surface area (TPSA) is 93.2 Å². The highest BCUT2D eigenvalue weighted by Crippen LogP contribution is 2.30. The maximum Gasteiger partial charge on any atom is 0.338 e. The average Bonchev–Trinajstić information content (AvgIpc) is 3.22. The Labute approximate surface area is 160 Å². The fourth-order valence-corrected chi connectivity index (χ4v) is 4.65. The summed E-state index contributed by atoms with van der Waals surface area (Å²) in [4.78, 5) is 25.7. The molecular formula is C18H26N2O6S. The SMILES string of the molecule is CCN(CC)C(=O)COC(=O)c1ccc(OC)c(S(=O)(=O)N2CCCC2)c1. The van der Waals surface area contributed by atoms with Gasteiger partial charge in [-0.15, -0.1) is 0 Å². The van der Waals surface area contributed by atoms with Gasteiger partial charge in [-0.05, 0) is 44.9 Å². The third-order valence-corrected chi connectivity index (χ3v) is 6.44. The Kier molecular flexibility index (Phi) is 7.20. The Balaban J connectivity index is 2.21. The Morgan fingerprint density at radius 2 is 1.78 bits per heavy atom.